The van der Waals surface area contributed by atoms with E-state index in [1.807, 2.05) is 0 Å². The van der Waals surface area contributed by atoms with Crippen LogP contribution in [0.2, 0.25) is 0 Å². The van der Waals surface area contributed by atoms with E-state index in [4.69, 9.17) is 5.26 Å². The van der Waals surface area contributed by atoms with Crippen molar-refractivity contribution in [1.82, 2.24) is 0 Å². The third kappa shape index (κ3) is 2.13. The van der Waals surface area contributed by atoms with Gasteiger partial charge >= 0.3 is 0 Å². The molecule has 2 rings (SSSR count). The molecule has 0 bridgehead atoms. The molecule has 1 amide bonds. The van der Waals surface area contributed by atoms with Gasteiger partial charge < -0.3 is 4.90 Å². The van der Waals surface area contributed by atoms with Gasteiger partial charge in [0.1, 0.15) is 17.4 Å². The molecule has 0 aliphatic carbocycles. The van der Waals surface area contributed by atoms with Crippen molar-refractivity contribution in [3.8, 4) is 6.07 Å². The van der Waals surface area contributed by atoms with Gasteiger partial charge in [-0.3, -0.25) is 4.79 Å². The zero-order valence-corrected chi connectivity index (χ0v) is 9.95. The molecule has 1 aliphatic rings. The van der Waals surface area contributed by atoms with Crippen LogP contribution in [0.3, 0.4) is 0 Å². The summed E-state index contributed by atoms with van der Waals surface area (Å²) in [6, 6.07) is 6.13. The summed E-state index contributed by atoms with van der Waals surface area (Å²) < 4.78 is 13.4. The Morgan fingerprint density at radius 2 is 2.35 bits per heavy atom. The van der Waals surface area contributed by atoms with Crippen molar-refractivity contribution in [1.29, 1.82) is 5.26 Å². The van der Waals surface area contributed by atoms with Gasteiger partial charge in [0.15, 0.2) is 0 Å². The van der Waals surface area contributed by atoms with Crippen molar-refractivity contribution >= 4 is 24.2 Å². The Hall–Kier alpha value is -1.54. The minimum atomic E-state index is -0.591. The van der Waals surface area contributed by atoms with Gasteiger partial charge in [-0.2, -0.15) is 17.9 Å². The van der Waals surface area contributed by atoms with E-state index in [0.29, 0.717) is 24.4 Å². The summed E-state index contributed by atoms with van der Waals surface area (Å²) in [6.45, 7) is 0.500. The van der Waals surface area contributed by atoms with Crippen LogP contribution in [0.5, 0.6) is 0 Å². The molecule has 5 heteroatoms. The number of rotatable bonds is 2. The van der Waals surface area contributed by atoms with E-state index in [9.17, 15) is 9.18 Å². The Morgan fingerprint density at radius 3 is 2.94 bits per heavy atom. The number of anilines is 1. The number of amides is 1. The maximum atomic E-state index is 13.4. The van der Waals surface area contributed by atoms with Gasteiger partial charge in [-0.05, 0) is 23.8 Å². The molecule has 3 nitrogen and oxygen atoms in total. The Bertz CT molecular complexity index is 498. The number of hydrogen-bond donors (Lipinski definition) is 1. The fourth-order valence-electron chi connectivity index (χ4n) is 1.99. The maximum Gasteiger partial charge on any atom is 0.227 e. The average Bonchev–Trinajstić information content (AvgIpc) is 2.70. The summed E-state index contributed by atoms with van der Waals surface area (Å²) in [6.07, 6.45) is 0.408. The topological polar surface area (TPSA) is 44.1 Å². The largest absolute Gasteiger partial charge is 0.311 e. The molecule has 0 N–H and O–H groups in total. The molecule has 1 saturated heterocycles. The van der Waals surface area contributed by atoms with E-state index in [1.54, 1.807) is 12.1 Å². The van der Waals surface area contributed by atoms with Crippen LogP contribution in [0.25, 0.3) is 0 Å². The fourth-order valence-corrected chi connectivity index (χ4v) is 2.23. The number of thiol groups is 1. The van der Waals surface area contributed by atoms with Gasteiger partial charge in [0, 0.05) is 13.0 Å². The highest BCUT2D eigenvalue weighted by atomic mass is 32.1. The molecule has 0 spiro atoms. The zero-order chi connectivity index (χ0) is 12.4. The second kappa shape index (κ2) is 4.76. The van der Waals surface area contributed by atoms with Gasteiger partial charge in [-0.15, -0.1) is 0 Å². The van der Waals surface area contributed by atoms with Crippen LogP contribution in [0, 0.1) is 23.1 Å². The van der Waals surface area contributed by atoms with Gasteiger partial charge in [-0.25, -0.2) is 4.39 Å². The van der Waals surface area contributed by atoms with Gasteiger partial charge in [0.2, 0.25) is 5.91 Å². The maximum absolute atomic E-state index is 13.4. The normalized spacial score (nSPS) is 19.5. The van der Waals surface area contributed by atoms with E-state index >= 15 is 0 Å². The van der Waals surface area contributed by atoms with E-state index in [-0.39, 0.29) is 17.4 Å². The van der Waals surface area contributed by atoms with E-state index in [1.165, 1.54) is 17.0 Å². The van der Waals surface area contributed by atoms with Crippen molar-refractivity contribution in [2.24, 2.45) is 5.92 Å². The van der Waals surface area contributed by atoms with Crippen LogP contribution >= 0.6 is 12.6 Å². The highest BCUT2D eigenvalue weighted by Crippen LogP contribution is 2.29. The second-order valence-corrected chi connectivity index (χ2v) is 4.37. The lowest BCUT2D eigenvalue weighted by Crippen LogP contribution is -2.25. The fraction of sp³-hybridized carbons (Fsp3) is 0.333. The number of halogens is 1. The molecule has 88 valence electrons. The molecule has 1 heterocycles. The van der Waals surface area contributed by atoms with Crippen molar-refractivity contribution in [3.63, 3.8) is 0 Å². The monoisotopic (exact) mass is 250 g/mol. The van der Waals surface area contributed by atoms with Crippen molar-refractivity contribution in [3.05, 3.63) is 29.6 Å². The lowest BCUT2D eigenvalue weighted by atomic mass is 10.1. The lowest BCUT2D eigenvalue weighted by molar-refractivity contribution is -0.117. The molecular formula is C12H11FN2OS. The summed E-state index contributed by atoms with van der Waals surface area (Å²) in [7, 11) is 0. The molecule has 0 aromatic heterocycles. The average molecular weight is 250 g/mol. The predicted octanol–water partition coefficient (Wildman–Crippen LogP) is 1.98. The molecule has 1 fully saturated rings. The molecule has 1 unspecified atom stereocenters. The minimum absolute atomic E-state index is 0.0688. The van der Waals surface area contributed by atoms with E-state index in [2.05, 4.69) is 12.6 Å². The number of benzene rings is 1. The minimum Gasteiger partial charge on any atom is -0.311 e. The zero-order valence-electron chi connectivity index (χ0n) is 9.06. The molecule has 1 aliphatic heterocycles. The summed E-state index contributed by atoms with van der Waals surface area (Å²) in [5.41, 5.74) is 0.294. The summed E-state index contributed by atoms with van der Waals surface area (Å²) >= 11 is 4.16. The molecular weight excluding hydrogens is 239 g/mol. The van der Waals surface area contributed by atoms with Gasteiger partial charge in [0.25, 0.3) is 0 Å². The predicted molar refractivity (Wildman–Crippen MR) is 65.4 cm³/mol. The summed E-state index contributed by atoms with van der Waals surface area (Å²) in [4.78, 5) is 13.3. The van der Waals surface area contributed by atoms with Gasteiger partial charge in [-0.1, -0.05) is 6.07 Å². The number of carbonyl (C=O) groups is 1. The highest BCUT2D eigenvalue weighted by Gasteiger charge is 2.31. The van der Waals surface area contributed by atoms with Crippen LogP contribution in [-0.4, -0.2) is 18.2 Å². The van der Waals surface area contributed by atoms with Crippen LogP contribution in [0.4, 0.5) is 10.1 Å². The number of carbonyl (C=O) groups excluding carboxylic acids is 1. The van der Waals surface area contributed by atoms with E-state index in [0.717, 1.165) is 0 Å². The van der Waals surface area contributed by atoms with Crippen molar-refractivity contribution < 1.29 is 9.18 Å². The first kappa shape index (κ1) is 11.9. The molecule has 0 radical (unpaired) electrons. The number of hydrogen-bond acceptors (Lipinski definition) is 3. The third-order valence-electron chi connectivity index (χ3n) is 2.86. The highest BCUT2D eigenvalue weighted by molar-refractivity contribution is 7.80. The molecule has 1 atom stereocenters. The third-order valence-corrected chi connectivity index (χ3v) is 3.37. The number of nitrogens with zero attached hydrogens (tertiary/aromatic N) is 2. The lowest BCUT2D eigenvalue weighted by Gasteiger charge is -2.17. The Balaban J connectivity index is 2.39. The van der Waals surface area contributed by atoms with Gasteiger partial charge in [0.05, 0.1) is 5.69 Å². The number of nitriles is 1. The van der Waals surface area contributed by atoms with Crippen LogP contribution < -0.4 is 4.90 Å². The molecule has 1 aromatic rings. The molecule has 0 saturated carbocycles. The van der Waals surface area contributed by atoms with Crippen molar-refractivity contribution in [2.75, 3.05) is 17.2 Å². The first-order valence-corrected chi connectivity index (χ1v) is 5.90. The quantitative estimate of drug-likeness (QED) is 0.816. The SMILES string of the molecule is N#Cc1c(F)cccc1N1CC(CS)CC1=O. The van der Waals surface area contributed by atoms with Crippen molar-refractivity contribution in [2.45, 2.75) is 6.42 Å². The molecule has 1 aromatic carbocycles. The summed E-state index contributed by atoms with van der Waals surface area (Å²) in [5.74, 6) is 0.110. The van der Waals surface area contributed by atoms with Crippen LogP contribution in [0.1, 0.15) is 12.0 Å². The smallest absolute Gasteiger partial charge is 0.227 e. The van der Waals surface area contributed by atoms with Crippen LogP contribution in [0.15, 0.2) is 18.2 Å². The van der Waals surface area contributed by atoms with E-state index < -0.39 is 5.82 Å². The standard InChI is InChI=1S/C12H11FN2OS/c13-10-2-1-3-11(9(10)5-14)15-6-8(7-17)4-12(15)16/h1-3,8,17H,4,6-7H2. The first-order valence-electron chi connectivity index (χ1n) is 5.27. The Kier molecular flexibility index (Phi) is 3.34. The first-order chi connectivity index (χ1) is 8.17. The summed E-state index contributed by atoms with van der Waals surface area (Å²) in [5, 5.41) is 8.93. The van der Waals surface area contributed by atoms with Crippen LogP contribution in [-0.2, 0) is 4.79 Å². The second-order valence-electron chi connectivity index (χ2n) is 4.00. The molecule has 17 heavy (non-hydrogen) atoms. The Morgan fingerprint density at radius 1 is 1.59 bits per heavy atom. The Labute approximate surface area is 104 Å².